The van der Waals surface area contributed by atoms with Crippen molar-refractivity contribution in [3.05, 3.63) is 63.6 Å². The predicted octanol–water partition coefficient (Wildman–Crippen LogP) is 3.30. The van der Waals surface area contributed by atoms with E-state index in [4.69, 9.17) is 4.74 Å². The molecule has 1 aromatic carbocycles. The highest BCUT2D eigenvalue weighted by molar-refractivity contribution is 9.10. The number of aryl methyl sites for hydroxylation is 2. The number of hydrogen-bond donors (Lipinski definition) is 0. The van der Waals surface area contributed by atoms with Gasteiger partial charge in [0, 0.05) is 42.6 Å². The van der Waals surface area contributed by atoms with Crippen molar-refractivity contribution in [2.75, 3.05) is 7.05 Å². The van der Waals surface area contributed by atoms with Crippen LogP contribution in [0.1, 0.15) is 27.4 Å². The van der Waals surface area contributed by atoms with Gasteiger partial charge in [0.1, 0.15) is 5.75 Å². The molecule has 3 aromatic rings. The van der Waals surface area contributed by atoms with Crippen LogP contribution in [0, 0.1) is 13.8 Å². The van der Waals surface area contributed by atoms with Crippen LogP contribution in [-0.4, -0.2) is 37.4 Å². The van der Waals surface area contributed by atoms with Crippen molar-refractivity contribution in [3.63, 3.8) is 0 Å². The minimum Gasteiger partial charge on any atom is -0.471 e. The molecule has 3 rings (SSSR count). The summed E-state index contributed by atoms with van der Waals surface area (Å²) in [6.45, 7) is 4.68. The number of aromatic nitrogens is 4. The van der Waals surface area contributed by atoms with Gasteiger partial charge in [-0.05, 0) is 44.2 Å². The highest BCUT2D eigenvalue weighted by Crippen LogP contribution is 2.17. The first-order valence-electron chi connectivity index (χ1n) is 8.51. The number of benzene rings is 1. The Labute approximate surface area is 166 Å². The van der Waals surface area contributed by atoms with E-state index in [1.807, 2.05) is 49.8 Å². The number of ether oxygens (including phenoxy) is 1. The number of hydrogen-bond acceptors (Lipinski definition) is 4. The van der Waals surface area contributed by atoms with Gasteiger partial charge in [0.05, 0.1) is 5.69 Å². The molecule has 27 heavy (non-hydrogen) atoms. The second kappa shape index (κ2) is 7.96. The topological polar surface area (TPSA) is 65.2 Å². The summed E-state index contributed by atoms with van der Waals surface area (Å²) in [7, 11) is 3.67. The normalized spacial score (nSPS) is 10.9. The van der Waals surface area contributed by atoms with Crippen LogP contribution in [0.2, 0.25) is 0 Å². The van der Waals surface area contributed by atoms with Gasteiger partial charge >= 0.3 is 0 Å². The van der Waals surface area contributed by atoms with Crippen LogP contribution in [0.15, 0.2) is 41.0 Å². The zero-order valence-corrected chi connectivity index (χ0v) is 17.4. The lowest BCUT2D eigenvalue weighted by atomic mass is 10.2. The minimum atomic E-state index is -0.139. The van der Waals surface area contributed by atoms with Crippen molar-refractivity contribution in [2.45, 2.75) is 27.1 Å². The molecular weight excluding hydrogens is 410 g/mol. The van der Waals surface area contributed by atoms with E-state index in [1.165, 1.54) is 0 Å². The van der Waals surface area contributed by atoms with E-state index in [1.54, 1.807) is 28.9 Å². The third-order valence-corrected chi connectivity index (χ3v) is 4.97. The summed E-state index contributed by atoms with van der Waals surface area (Å²) in [5.41, 5.74) is 3.44. The fourth-order valence-electron chi connectivity index (χ4n) is 2.77. The van der Waals surface area contributed by atoms with Crippen molar-refractivity contribution in [1.82, 2.24) is 24.5 Å². The lowest BCUT2D eigenvalue weighted by Crippen LogP contribution is -2.27. The maximum Gasteiger partial charge on any atom is 0.274 e. The van der Waals surface area contributed by atoms with Crippen LogP contribution < -0.4 is 4.74 Å². The predicted molar refractivity (Wildman–Crippen MR) is 105 cm³/mol. The molecule has 8 heteroatoms. The van der Waals surface area contributed by atoms with E-state index >= 15 is 0 Å². The van der Waals surface area contributed by atoms with Crippen LogP contribution in [0.4, 0.5) is 0 Å². The smallest absolute Gasteiger partial charge is 0.274 e. The summed E-state index contributed by atoms with van der Waals surface area (Å²) in [5.74, 6) is 0.598. The van der Waals surface area contributed by atoms with Crippen molar-refractivity contribution in [1.29, 1.82) is 0 Å². The van der Waals surface area contributed by atoms with Gasteiger partial charge in [0.2, 0.25) is 0 Å². The zero-order chi connectivity index (χ0) is 19.6. The molecule has 0 radical (unpaired) electrons. The van der Waals surface area contributed by atoms with Crippen LogP contribution in [-0.2, 0) is 20.3 Å². The number of amides is 1. The van der Waals surface area contributed by atoms with Gasteiger partial charge in [-0.3, -0.25) is 9.48 Å². The maximum atomic E-state index is 12.7. The van der Waals surface area contributed by atoms with Gasteiger partial charge in [-0.1, -0.05) is 15.9 Å². The number of rotatable bonds is 6. The fraction of sp³-hybridized carbons (Fsp3) is 0.316. The molecule has 0 aliphatic heterocycles. The first kappa shape index (κ1) is 19.2. The van der Waals surface area contributed by atoms with Crippen molar-refractivity contribution >= 4 is 21.8 Å². The molecule has 0 N–H and O–H groups in total. The van der Waals surface area contributed by atoms with Crippen LogP contribution in [0.5, 0.6) is 5.75 Å². The van der Waals surface area contributed by atoms with Gasteiger partial charge in [0.25, 0.3) is 5.91 Å². The molecule has 1 amide bonds. The molecule has 2 heterocycles. The van der Waals surface area contributed by atoms with Gasteiger partial charge < -0.3 is 9.64 Å². The van der Waals surface area contributed by atoms with Crippen molar-refractivity contribution in [3.8, 4) is 5.75 Å². The average Bonchev–Trinajstić information content (AvgIpc) is 3.21. The Hall–Kier alpha value is -2.61. The van der Waals surface area contributed by atoms with Crippen LogP contribution in [0.25, 0.3) is 0 Å². The molecular formula is C19H22BrN5O2. The Morgan fingerprint density at radius 3 is 2.52 bits per heavy atom. The third-order valence-electron chi connectivity index (χ3n) is 4.44. The quantitative estimate of drug-likeness (QED) is 0.600. The molecule has 0 saturated carbocycles. The molecule has 0 unspecified atom stereocenters. The van der Waals surface area contributed by atoms with Crippen LogP contribution in [0.3, 0.4) is 0 Å². The van der Waals surface area contributed by atoms with E-state index in [0.29, 0.717) is 12.2 Å². The highest BCUT2D eigenvalue weighted by atomic mass is 79.9. The highest BCUT2D eigenvalue weighted by Gasteiger charge is 2.18. The summed E-state index contributed by atoms with van der Waals surface area (Å²) < 4.78 is 10.1. The molecule has 0 aliphatic carbocycles. The van der Waals surface area contributed by atoms with E-state index in [2.05, 4.69) is 26.1 Å². The SMILES string of the molecule is Cc1nn(C)c(C)c1CN(C)C(=O)c1ccn(COc2ccc(Br)cc2)n1. The lowest BCUT2D eigenvalue weighted by molar-refractivity contribution is 0.0776. The average molecular weight is 432 g/mol. The number of carbonyl (C=O) groups is 1. The molecule has 0 fully saturated rings. The number of halogens is 1. The van der Waals surface area contributed by atoms with Crippen molar-refractivity contribution < 1.29 is 9.53 Å². The standard InChI is InChI=1S/C19H22BrN5O2/c1-13-17(14(2)24(4)21-13)11-23(3)19(26)18-9-10-25(22-18)12-27-16-7-5-15(20)6-8-16/h5-10H,11-12H2,1-4H3. The minimum absolute atomic E-state index is 0.139. The monoisotopic (exact) mass is 431 g/mol. The number of nitrogens with zero attached hydrogens (tertiary/aromatic N) is 5. The van der Waals surface area contributed by atoms with Crippen molar-refractivity contribution in [2.24, 2.45) is 7.05 Å². The summed E-state index contributed by atoms with van der Waals surface area (Å²) >= 11 is 3.39. The first-order valence-corrected chi connectivity index (χ1v) is 9.31. The number of carbonyl (C=O) groups excluding carboxylic acids is 1. The van der Waals surface area contributed by atoms with Crippen LogP contribution >= 0.6 is 15.9 Å². The fourth-order valence-corrected chi connectivity index (χ4v) is 3.03. The Balaban J connectivity index is 1.62. The lowest BCUT2D eigenvalue weighted by Gasteiger charge is -2.16. The molecule has 2 aromatic heterocycles. The van der Waals surface area contributed by atoms with E-state index in [-0.39, 0.29) is 12.6 Å². The maximum absolute atomic E-state index is 12.7. The molecule has 0 spiro atoms. The molecule has 0 saturated heterocycles. The summed E-state index contributed by atoms with van der Waals surface area (Å²) in [6.07, 6.45) is 1.74. The summed E-state index contributed by atoms with van der Waals surface area (Å²) in [4.78, 5) is 14.3. The van der Waals surface area contributed by atoms with E-state index < -0.39 is 0 Å². The Morgan fingerprint density at radius 2 is 1.89 bits per heavy atom. The second-order valence-electron chi connectivity index (χ2n) is 6.40. The second-order valence-corrected chi connectivity index (χ2v) is 7.32. The third kappa shape index (κ3) is 4.39. The summed E-state index contributed by atoms with van der Waals surface area (Å²) in [5, 5.41) is 8.72. The van der Waals surface area contributed by atoms with Gasteiger partial charge in [-0.15, -0.1) is 0 Å². The first-order chi connectivity index (χ1) is 12.8. The Bertz CT molecular complexity index is 946. The molecule has 142 valence electrons. The van der Waals surface area contributed by atoms with E-state index in [0.717, 1.165) is 27.2 Å². The van der Waals surface area contributed by atoms with Gasteiger partial charge in [0.15, 0.2) is 12.4 Å². The van der Waals surface area contributed by atoms with E-state index in [9.17, 15) is 4.79 Å². The summed E-state index contributed by atoms with van der Waals surface area (Å²) in [6, 6.07) is 9.25. The largest absolute Gasteiger partial charge is 0.471 e. The molecule has 0 bridgehead atoms. The van der Waals surface area contributed by atoms with Gasteiger partial charge in [-0.2, -0.15) is 10.2 Å². The zero-order valence-electron chi connectivity index (χ0n) is 15.8. The Morgan fingerprint density at radius 1 is 1.19 bits per heavy atom. The molecule has 0 aliphatic rings. The molecule has 0 atom stereocenters. The van der Waals surface area contributed by atoms with Gasteiger partial charge in [-0.25, -0.2) is 4.68 Å². The Kier molecular flexibility index (Phi) is 5.65. The molecule has 7 nitrogen and oxygen atoms in total.